The molecule has 0 bridgehead atoms. The summed E-state index contributed by atoms with van der Waals surface area (Å²) >= 11 is 0. The summed E-state index contributed by atoms with van der Waals surface area (Å²) in [7, 11) is 0. The highest BCUT2D eigenvalue weighted by atomic mass is 19.1. The van der Waals surface area contributed by atoms with Gasteiger partial charge in [0, 0.05) is 6.04 Å². The smallest absolute Gasteiger partial charge is 0.270 e. The number of nitrogens with one attached hydrogen (secondary N) is 1. The van der Waals surface area contributed by atoms with Crippen molar-refractivity contribution in [2.75, 3.05) is 0 Å². The minimum Gasteiger partial charge on any atom is -0.348 e. The Kier molecular flexibility index (Phi) is 4.28. The van der Waals surface area contributed by atoms with Crippen molar-refractivity contribution in [3.63, 3.8) is 0 Å². The summed E-state index contributed by atoms with van der Waals surface area (Å²) < 4.78 is 12.9. The highest BCUT2D eigenvalue weighted by Gasteiger charge is 2.22. The summed E-state index contributed by atoms with van der Waals surface area (Å²) in [6, 6.07) is 4.50. The molecule has 0 saturated heterocycles. The van der Waals surface area contributed by atoms with E-state index in [-0.39, 0.29) is 17.6 Å². The molecule has 1 heterocycles. The standard InChI is InChI=1S/C14H19FN2O/c1-2-10-6-8-11(9-7-10)16-14(18)12-4-3-5-13(15)17-12/h3-5,10-11H,2,6-9H2,1H3,(H,16,18). The molecule has 1 aromatic rings. The van der Waals surface area contributed by atoms with Crippen LogP contribution in [0, 0.1) is 11.9 Å². The van der Waals surface area contributed by atoms with E-state index in [0.29, 0.717) is 0 Å². The number of carbonyl (C=O) groups is 1. The first-order chi connectivity index (χ1) is 8.69. The molecule has 0 atom stereocenters. The van der Waals surface area contributed by atoms with Crippen LogP contribution < -0.4 is 5.32 Å². The lowest BCUT2D eigenvalue weighted by Crippen LogP contribution is -2.38. The predicted octanol–water partition coefficient (Wildman–Crippen LogP) is 2.92. The predicted molar refractivity (Wildman–Crippen MR) is 67.7 cm³/mol. The zero-order chi connectivity index (χ0) is 13.0. The van der Waals surface area contributed by atoms with Gasteiger partial charge >= 0.3 is 0 Å². The zero-order valence-electron chi connectivity index (χ0n) is 10.7. The number of rotatable bonds is 3. The van der Waals surface area contributed by atoms with E-state index < -0.39 is 5.95 Å². The van der Waals surface area contributed by atoms with Crippen LogP contribution in [-0.2, 0) is 0 Å². The topological polar surface area (TPSA) is 42.0 Å². The van der Waals surface area contributed by atoms with E-state index in [9.17, 15) is 9.18 Å². The van der Waals surface area contributed by atoms with Gasteiger partial charge in [-0.2, -0.15) is 4.39 Å². The molecule has 1 aliphatic rings. The first-order valence-electron chi connectivity index (χ1n) is 6.62. The lowest BCUT2D eigenvalue weighted by Gasteiger charge is -2.28. The van der Waals surface area contributed by atoms with E-state index >= 15 is 0 Å². The summed E-state index contributed by atoms with van der Waals surface area (Å²) in [6.07, 6.45) is 5.57. The Balaban J connectivity index is 1.89. The van der Waals surface area contributed by atoms with E-state index in [4.69, 9.17) is 0 Å². The van der Waals surface area contributed by atoms with Gasteiger partial charge in [0.15, 0.2) is 0 Å². The maximum absolute atomic E-state index is 12.9. The molecule has 3 nitrogen and oxygen atoms in total. The molecule has 0 spiro atoms. The van der Waals surface area contributed by atoms with Crippen LogP contribution in [0.3, 0.4) is 0 Å². The first kappa shape index (κ1) is 13.0. The van der Waals surface area contributed by atoms with Crippen molar-refractivity contribution in [2.24, 2.45) is 5.92 Å². The lowest BCUT2D eigenvalue weighted by atomic mass is 9.84. The molecule has 0 aromatic carbocycles. The van der Waals surface area contributed by atoms with Gasteiger partial charge in [-0.1, -0.05) is 19.4 Å². The summed E-state index contributed by atoms with van der Waals surface area (Å²) in [5.41, 5.74) is 0.160. The van der Waals surface area contributed by atoms with E-state index in [1.165, 1.54) is 24.6 Å². The van der Waals surface area contributed by atoms with Crippen LogP contribution in [0.1, 0.15) is 49.5 Å². The van der Waals surface area contributed by atoms with Gasteiger partial charge in [0.25, 0.3) is 5.91 Å². The molecule has 0 unspecified atom stereocenters. The molecular formula is C14H19FN2O. The maximum Gasteiger partial charge on any atom is 0.270 e. The van der Waals surface area contributed by atoms with Crippen LogP contribution in [0.2, 0.25) is 0 Å². The van der Waals surface area contributed by atoms with Crippen molar-refractivity contribution in [3.05, 3.63) is 29.8 Å². The molecule has 1 fully saturated rings. The molecule has 0 aliphatic heterocycles. The van der Waals surface area contributed by atoms with Crippen molar-refractivity contribution in [2.45, 2.75) is 45.1 Å². The fourth-order valence-electron chi connectivity index (χ4n) is 2.51. The van der Waals surface area contributed by atoms with Crippen LogP contribution in [-0.4, -0.2) is 16.9 Å². The number of pyridine rings is 1. The van der Waals surface area contributed by atoms with E-state index in [1.54, 1.807) is 0 Å². The average molecular weight is 250 g/mol. The zero-order valence-corrected chi connectivity index (χ0v) is 10.7. The molecule has 98 valence electrons. The molecule has 0 radical (unpaired) electrons. The Morgan fingerprint density at radius 3 is 2.72 bits per heavy atom. The second-order valence-corrected chi connectivity index (χ2v) is 4.94. The molecule has 2 rings (SSSR count). The SMILES string of the molecule is CCC1CCC(NC(=O)c2cccc(F)n2)CC1. The van der Waals surface area contributed by atoms with Crippen LogP contribution in [0.5, 0.6) is 0 Å². The average Bonchev–Trinajstić information content (AvgIpc) is 2.39. The fraction of sp³-hybridized carbons (Fsp3) is 0.571. The van der Waals surface area contributed by atoms with Crippen molar-refractivity contribution in [1.82, 2.24) is 10.3 Å². The Hall–Kier alpha value is -1.45. The van der Waals surface area contributed by atoms with Crippen LogP contribution in [0.25, 0.3) is 0 Å². The van der Waals surface area contributed by atoms with Gasteiger partial charge in [-0.05, 0) is 43.7 Å². The van der Waals surface area contributed by atoms with Gasteiger partial charge in [0.05, 0.1) is 0 Å². The highest BCUT2D eigenvalue weighted by Crippen LogP contribution is 2.26. The third-order valence-corrected chi connectivity index (χ3v) is 3.71. The third kappa shape index (κ3) is 3.28. The Labute approximate surface area is 107 Å². The van der Waals surface area contributed by atoms with Gasteiger partial charge < -0.3 is 5.32 Å². The number of carbonyl (C=O) groups excluding carboxylic acids is 1. The highest BCUT2D eigenvalue weighted by molar-refractivity contribution is 5.92. The van der Waals surface area contributed by atoms with Crippen LogP contribution in [0.4, 0.5) is 4.39 Å². The molecule has 4 heteroatoms. The Bertz CT molecular complexity index is 414. The van der Waals surface area contributed by atoms with Gasteiger partial charge in [-0.15, -0.1) is 0 Å². The molecule has 1 amide bonds. The number of hydrogen-bond donors (Lipinski definition) is 1. The third-order valence-electron chi connectivity index (χ3n) is 3.71. The first-order valence-corrected chi connectivity index (χ1v) is 6.62. The molecule has 1 aromatic heterocycles. The minimum atomic E-state index is -0.614. The summed E-state index contributed by atoms with van der Waals surface area (Å²) in [5, 5.41) is 2.94. The summed E-state index contributed by atoms with van der Waals surface area (Å²) in [4.78, 5) is 15.5. The fourth-order valence-corrected chi connectivity index (χ4v) is 2.51. The summed E-state index contributed by atoms with van der Waals surface area (Å²) in [5.74, 6) is -0.0859. The van der Waals surface area contributed by atoms with E-state index in [1.807, 2.05) is 0 Å². The van der Waals surface area contributed by atoms with Gasteiger partial charge in [0.2, 0.25) is 5.95 Å². The van der Waals surface area contributed by atoms with Crippen molar-refractivity contribution in [1.29, 1.82) is 0 Å². The number of amides is 1. The molecule has 1 aliphatic carbocycles. The van der Waals surface area contributed by atoms with E-state index in [0.717, 1.165) is 31.6 Å². The van der Waals surface area contributed by atoms with Gasteiger partial charge in [-0.3, -0.25) is 4.79 Å². The molecular weight excluding hydrogens is 231 g/mol. The maximum atomic E-state index is 12.9. The molecule has 18 heavy (non-hydrogen) atoms. The van der Waals surface area contributed by atoms with Crippen molar-refractivity contribution < 1.29 is 9.18 Å². The number of halogens is 1. The molecule has 1 saturated carbocycles. The Morgan fingerprint density at radius 1 is 1.39 bits per heavy atom. The number of nitrogens with zero attached hydrogens (tertiary/aromatic N) is 1. The largest absolute Gasteiger partial charge is 0.348 e. The van der Waals surface area contributed by atoms with Crippen molar-refractivity contribution >= 4 is 5.91 Å². The second kappa shape index (κ2) is 5.94. The van der Waals surface area contributed by atoms with Gasteiger partial charge in [-0.25, -0.2) is 4.98 Å². The van der Waals surface area contributed by atoms with Crippen molar-refractivity contribution in [3.8, 4) is 0 Å². The normalized spacial score (nSPS) is 23.7. The summed E-state index contributed by atoms with van der Waals surface area (Å²) in [6.45, 7) is 2.21. The minimum absolute atomic E-state index is 0.160. The number of hydrogen-bond acceptors (Lipinski definition) is 2. The van der Waals surface area contributed by atoms with Gasteiger partial charge in [0.1, 0.15) is 5.69 Å². The second-order valence-electron chi connectivity index (χ2n) is 4.94. The van der Waals surface area contributed by atoms with Crippen LogP contribution >= 0.6 is 0 Å². The Morgan fingerprint density at radius 2 is 2.11 bits per heavy atom. The van der Waals surface area contributed by atoms with Crippen LogP contribution in [0.15, 0.2) is 18.2 Å². The quantitative estimate of drug-likeness (QED) is 0.838. The number of aromatic nitrogens is 1. The lowest BCUT2D eigenvalue weighted by molar-refractivity contribution is 0.0915. The molecule has 1 N–H and O–H groups in total. The van der Waals surface area contributed by atoms with E-state index in [2.05, 4.69) is 17.2 Å². The monoisotopic (exact) mass is 250 g/mol.